The lowest BCUT2D eigenvalue weighted by Gasteiger charge is -2.25. The van der Waals surface area contributed by atoms with Gasteiger partial charge in [0.2, 0.25) is 0 Å². The predicted octanol–water partition coefficient (Wildman–Crippen LogP) is 7.31. The van der Waals surface area contributed by atoms with Crippen molar-refractivity contribution in [1.29, 1.82) is 0 Å². The van der Waals surface area contributed by atoms with E-state index in [2.05, 4.69) is 72.6 Å². The van der Waals surface area contributed by atoms with Crippen molar-refractivity contribution in [3.05, 3.63) is 70.3 Å². The van der Waals surface area contributed by atoms with Crippen molar-refractivity contribution < 1.29 is 9.47 Å². The lowest BCUT2D eigenvalue weighted by molar-refractivity contribution is 0.150. The van der Waals surface area contributed by atoms with Crippen molar-refractivity contribution in [1.82, 2.24) is 0 Å². The zero-order valence-corrected chi connectivity index (χ0v) is 19.1. The maximum Gasteiger partial charge on any atom is 0.133 e. The first-order chi connectivity index (χ1) is 13.8. The van der Waals surface area contributed by atoms with E-state index >= 15 is 0 Å². The Hall–Kier alpha value is -2.24. The maximum absolute atomic E-state index is 5.92. The van der Waals surface area contributed by atoms with Gasteiger partial charge in [-0.2, -0.15) is 0 Å². The fraction of sp³-hybridized carbons (Fsp3) is 0.481. The average Bonchev–Trinajstić information content (AvgIpc) is 2.69. The van der Waals surface area contributed by atoms with Crippen LogP contribution in [0.2, 0.25) is 0 Å². The van der Waals surface area contributed by atoms with Crippen LogP contribution in [0, 0.1) is 12.0 Å². The van der Waals surface area contributed by atoms with E-state index in [1.165, 1.54) is 22.3 Å². The van der Waals surface area contributed by atoms with E-state index in [-0.39, 0.29) is 6.10 Å². The van der Waals surface area contributed by atoms with Crippen molar-refractivity contribution in [2.24, 2.45) is 0 Å². The molecule has 0 aliphatic carbocycles. The van der Waals surface area contributed by atoms with Crippen molar-refractivity contribution in [2.75, 3.05) is 6.61 Å². The van der Waals surface area contributed by atoms with E-state index < -0.39 is 0 Å². The number of benzene rings is 2. The highest BCUT2D eigenvalue weighted by molar-refractivity contribution is 5.45. The molecule has 0 spiro atoms. The third-order valence-corrected chi connectivity index (χ3v) is 5.18. The van der Waals surface area contributed by atoms with Gasteiger partial charge in [0.15, 0.2) is 0 Å². The summed E-state index contributed by atoms with van der Waals surface area (Å²) in [6, 6.07) is 14.8. The summed E-state index contributed by atoms with van der Waals surface area (Å²) in [5.74, 6) is 4.38. The summed E-state index contributed by atoms with van der Waals surface area (Å²) in [5, 5.41) is 0. The Kier molecular flexibility index (Phi) is 8.80. The largest absolute Gasteiger partial charge is 0.439 e. The van der Waals surface area contributed by atoms with Gasteiger partial charge >= 0.3 is 0 Å². The van der Waals surface area contributed by atoms with Gasteiger partial charge in [0.1, 0.15) is 18.8 Å². The molecule has 0 saturated heterocycles. The summed E-state index contributed by atoms with van der Waals surface area (Å²) in [4.78, 5) is 0. The van der Waals surface area contributed by atoms with Crippen LogP contribution in [0.4, 0.5) is 0 Å². The van der Waals surface area contributed by atoms with Gasteiger partial charge in [-0.15, -0.1) is 0 Å². The smallest absolute Gasteiger partial charge is 0.133 e. The topological polar surface area (TPSA) is 18.5 Å². The van der Waals surface area contributed by atoms with Gasteiger partial charge in [-0.05, 0) is 52.9 Å². The third-order valence-electron chi connectivity index (χ3n) is 5.18. The fourth-order valence-corrected chi connectivity index (χ4v) is 3.49. The van der Waals surface area contributed by atoms with Crippen molar-refractivity contribution in [3.63, 3.8) is 0 Å². The standard InChI is InChI=1S/C27H36O2/c1-19(2)24-16-25(20(3)4)27(26(17-24)21(5)6)22(7)29-15-11-14-28-18-23-12-9-8-10-13-23/h8-10,12-13,16-17,19-22H,14,18H2,1-7H3. The highest BCUT2D eigenvalue weighted by atomic mass is 16.5. The Bertz CT molecular complexity index is 794. The van der Waals surface area contributed by atoms with Crippen LogP contribution in [0.25, 0.3) is 0 Å². The highest BCUT2D eigenvalue weighted by Gasteiger charge is 2.21. The van der Waals surface area contributed by atoms with E-state index in [0.717, 1.165) is 5.56 Å². The summed E-state index contributed by atoms with van der Waals surface area (Å²) in [6.07, 6.45) is 2.79. The Morgan fingerprint density at radius 2 is 1.38 bits per heavy atom. The van der Waals surface area contributed by atoms with Crippen molar-refractivity contribution >= 4 is 0 Å². The van der Waals surface area contributed by atoms with Crippen LogP contribution in [0.1, 0.15) is 100 Å². The first-order valence-corrected chi connectivity index (χ1v) is 10.7. The SMILES string of the molecule is CC(C)c1cc(C(C)C)c(C(C)OC#CCOCc2ccccc2)c(C(C)C)c1. The van der Waals surface area contributed by atoms with Gasteiger partial charge in [0.25, 0.3) is 0 Å². The quantitative estimate of drug-likeness (QED) is 0.346. The van der Waals surface area contributed by atoms with Crippen LogP contribution in [0.5, 0.6) is 0 Å². The molecule has 0 aliphatic rings. The summed E-state index contributed by atoms with van der Waals surface area (Å²) in [5.41, 5.74) is 6.58. The van der Waals surface area contributed by atoms with E-state index in [4.69, 9.17) is 9.47 Å². The van der Waals surface area contributed by atoms with E-state index in [1.54, 1.807) is 0 Å². The van der Waals surface area contributed by atoms with Crippen LogP contribution < -0.4 is 0 Å². The molecule has 29 heavy (non-hydrogen) atoms. The van der Waals surface area contributed by atoms with Gasteiger partial charge in [0.05, 0.1) is 6.61 Å². The molecule has 0 aromatic heterocycles. The summed E-state index contributed by atoms with van der Waals surface area (Å²) in [6.45, 7) is 16.5. The molecule has 1 atom stereocenters. The van der Waals surface area contributed by atoms with Crippen molar-refractivity contribution in [3.8, 4) is 12.0 Å². The van der Waals surface area contributed by atoms with Gasteiger partial charge in [-0.25, -0.2) is 0 Å². The molecule has 0 N–H and O–H groups in total. The molecule has 2 aromatic carbocycles. The number of hydrogen-bond acceptors (Lipinski definition) is 2. The van der Waals surface area contributed by atoms with E-state index in [1.807, 2.05) is 30.3 Å². The Labute approximate surface area is 177 Å². The van der Waals surface area contributed by atoms with Gasteiger partial charge in [-0.3, -0.25) is 0 Å². The Morgan fingerprint density at radius 3 is 1.90 bits per heavy atom. The minimum Gasteiger partial charge on any atom is -0.439 e. The zero-order valence-electron chi connectivity index (χ0n) is 19.1. The molecule has 1 unspecified atom stereocenters. The molecule has 2 aromatic rings. The van der Waals surface area contributed by atoms with Crippen LogP contribution in [0.15, 0.2) is 42.5 Å². The second kappa shape index (κ2) is 11.1. The van der Waals surface area contributed by atoms with Crippen LogP contribution >= 0.6 is 0 Å². The second-order valence-corrected chi connectivity index (χ2v) is 8.59. The highest BCUT2D eigenvalue weighted by Crippen LogP contribution is 2.36. The lowest BCUT2D eigenvalue weighted by Crippen LogP contribution is -2.10. The molecule has 156 valence electrons. The molecule has 2 heteroatoms. The molecule has 2 rings (SSSR count). The average molecular weight is 393 g/mol. The monoisotopic (exact) mass is 392 g/mol. The van der Waals surface area contributed by atoms with Crippen LogP contribution in [-0.2, 0) is 16.1 Å². The normalized spacial score (nSPS) is 12.2. The molecular formula is C27H36O2. The Morgan fingerprint density at radius 1 is 0.793 bits per heavy atom. The molecule has 0 amide bonds. The fourth-order valence-electron chi connectivity index (χ4n) is 3.49. The van der Waals surface area contributed by atoms with Gasteiger partial charge in [-0.1, -0.05) is 84.0 Å². The minimum atomic E-state index is -0.0763. The number of rotatable bonds is 8. The van der Waals surface area contributed by atoms with Gasteiger partial charge in [0, 0.05) is 5.56 Å². The number of hydrogen-bond donors (Lipinski definition) is 0. The van der Waals surface area contributed by atoms with Crippen LogP contribution in [0.3, 0.4) is 0 Å². The molecule has 0 saturated carbocycles. The molecule has 0 radical (unpaired) electrons. The van der Waals surface area contributed by atoms with Crippen molar-refractivity contribution in [2.45, 2.75) is 78.9 Å². The first kappa shape index (κ1) is 23.0. The predicted molar refractivity (Wildman–Crippen MR) is 122 cm³/mol. The zero-order chi connectivity index (χ0) is 21.4. The van der Waals surface area contributed by atoms with Gasteiger partial charge < -0.3 is 9.47 Å². The maximum atomic E-state index is 5.92. The van der Waals surface area contributed by atoms with E-state index in [0.29, 0.717) is 31.0 Å². The first-order valence-electron chi connectivity index (χ1n) is 10.7. The molecule has 0 bridgehead atoms. The minimum absolute atomic E-state index is 0.0763. The van der Waals surface area contributed by atoms with Crippen LogP contribution in [-0.4, -0.2) is 6.61 Å². The summed E-state index contributed by atoms with van der Waals surface area (Å²) in [7, 11) is 0. The molecule has 2 nitrogen and oxygen atoms in total. The molecule has 0 aliphatic heterocycles. The molecule has 0 heterocycles. The Balaban J connectivity index is 2.10. The lowest BCUT2D eigenvalue weighted by atomic mass is 9.82. The number of ether oxygens (including phenoxy) is 2. The molecule has 0 fully saturated rings. The third kappa shape index (κ3) is 6.65. The summed E-state index contributed by atoms with van der Waals surface area (Å²) >= 11 is 0. The summed E-state index contributed by atoms with van der Waals surface area (Å²) < 4.78 is 11.5. The molecular weight excluding hydrogens is 356 g/mol. The van der Waals surface area contributed by atoms with E-state index in [9.17, 15) is 0 Å². The second-order valence-electron chi connectivity index (χ2n) is 8.59.